The molecule has 0 aliphatic rings. The maximum atomic E-state index is 5.77. The molecule has 108 valence electrons. The van der Waals surface area contributed by atoms with E-state index in [2.05, 4.69) is 49.9 Å². The number of nitrogens with zero attached hydrogens (tertiary/aromatic N) is 3. The third-order valence-corrected chi connectivity index (χ3v) is 3.26. The highest BCUT2D eigenvalue weighted by Crippen LogP contribution is 2.16. The van der Waals surface area contributed by atoms with Crippen LogP contribution in [0, 0.1) is 0 Å². The van der Waals surface area contributed by atoms with Gasteiger partial charge in [0.1, 0.15) is 5.82 Å². The van der Waals surface area contributed by atoms with Gasteiger partial charge >= 0.3 is 0 Å². The first-order valence-corrected chi connectivity index (χ1v) is 7.20. The average molecular weight is 264 g/mol. The Morgan fingerprint density at radius 3 is 2.42 bits per heavy atom. The molecule has 0 amide bonds. The van der Waals surface area contributed by atoms with E-state index in [0.717, 1.165) is 44.0 Å². The topological polar surface area (TPSA) is 45.4 Å². The van der Waals surface area contributed by atoms with Crippen LogP contribution in [0.1, 0.15) is 31.5 Å². The zero-order valence-corrected chi connectivity index (χ0v) is 12.8. The molecule has 1 aromatic heterocycles. The summed E-state index contributed by atoms with van der Waals surface area (Å²) in [5.74, 6) is 1.07. The van der Waals surface area contributed by atoms with Gasteiger partial charge in [-0.05, 0) is 58.1 Å². The summed E-state index contributed by atoms with van der Waals surface area (Å²) < 4.78 is 0. The van der Waals surface area contributed by atoms with Crippen molar-refractivity contribution in [1.82, 2.24) is 9.88 Å². The summed E-state index contributed by atoms with van der Waals surface area (Å²) >= 11 is 0. The minimum Gasteiger partial charge on any atom is -0.357 e. The van der Waals surface area contributed by atoms with E-state index in [0.29, 0.717) is 6.54 Å². The number of pyridine rings is 1. The smallest absolute Gasteiger partial charge is 0.129 e. The Labute approximate surface area is 117 Å². The fourth-order valence-electron chi connectivity index (χ4n) is 2.11. The Balaban J connectivity index is 2.78. The second-order valence-electron chi connectivity index (χ2n) is 5.12. The number of nitrogens with two attached hydrogens (primary N) is 1. The number of rotatable bonds is 8. The molecule has 1 heterocycles. The van der Waals surface area contributed by atoms with Gasteiger partial charge in [0, 0.05) is 25.3 Å². The Morgan fingerprint density at radius 1 is 1.16 bits per heavy atom. The molecule has 1 rings (SSSR count). The summed E-state index contributed by atoms with van der Waals surface area (Å²) in [5, 5.41) is 0. The maximum Gasteiger partial charge on any atom is 0.129 e. The first kappa shape index (κ1) is 15.9. The van der Waals surface area contributed by atoms with Gasteiger partial charge in [-0.2, -0.15) is 0 Å². The van der Waals surface area contributed by atoms with E-state index in [9.17, 15) is 0 Å². The van der Waals surface area contributed by atoms with Crippen molar-refractivity contribution in [2.45, 2.75) is 33.2 Å². The molecule has 19 heavy (non-hydrogen) atoms. The van der Waals surface area contributed by atoms with Crippen molar-refractivity contribution >= 4 is 5.82 Å². The molecule has 0 aromatic carbocycles. The quantitative estimate of drug-likeness (QED) is 0.779. The minimum atomic E-state index is 0.581. The lowest BCUT2D eigenvalue weighted by atomic mass is 10.2. The van der Waals surface area contributed by atoms with Crippen LogP contribution in [0.25, 0.3) is 0 Å². The Hall–Kier alpha value is -1.13. The van der Waals surface area contributed by atoms with E-state index in [1.54, 1.807) is 0 Å². The highest BCUT2D eigenvalue weighted by atomic mass is 15.2. The van der Waals surface area contributed by atoms with Crippen LogP contribution in [0.15, 0.2) is 12.1 Å². The normalized spacial score (nSPS) is 11.1. The van der Waals surface area contributed by atoms with Crippen LogP contribution < -0.4 is 10.6 Å². The monoisotopic (exact) mass is 264 g/mol. The first-order chi connectivity index (χ1) is 9.10. The summed E-state index contributed by atoms with van der Waals surface area (Å²) in [7, 11) is 4.22. The van der Waals surface area contributed by atoms with Crippen LogP contribution in [0.4, 0.5) is 5.82 Å². The van der Waals surface area contributed by atoms with Gasteiger partial charge in [-0.1, -0.05) is 6.92 Å². The maximum absolute atomic E-state index is 5.77. The van der Waals surface area contributed by atoms with Crippen LogP contribution in [0.3, 0.4) is 0 Å². The lowest BCUT2D eigenvalue weighted by Gasteiger charge is -2.24. The lowest BCUT2D eigenvalue weighted by Crippen LogP contribution is -2.28. The van der Waals surface area contributed by atoms with Gasteiger partial charge in [0.05, 0.1) is 0 Å². The van der Waals surface area contributed by atoms with E-state index in [1.807, 2.05) is 0 Å². The fraction of sp³-hybridized carbons (Fsp3) is 0.667. The van der Waals surface area contributed by atoms with Crippen molar-refractivity contribution in [3.63, 3.8) is 0 Å². The molecule has 0 saturated heterocycles. The average Bonchev–Trinajstić information content (AvgIpc) is 2.42. The summed E-state index contributed by atoms with van der Waals surface area (Å²) in [6.45, 7) is 8.02. The first-order valence-electron chi connectivity index (χ1n) is 7.20. The van der Waals surface area contributed by atoms with Crippen molar-refractivity contribution < 1.29 is 0 Å². The molecular weight excluding hydrogens is 236 g/mol. The van der Waals surface area contributed by atoms with Crippen molar-refractivity contribution in [2.75, 3.05) is 38.6 Å². The molecule has 0 saturated carbocycles. The van der Waals surface area contributed by atoms with Crippen LogP contribution in [-0.4, -0.2) is 43.6 Å². The third-order valence-electron chi connectivity index (χ3n) is 3.26. The molecule has 0 spiro atoms. The SMILES string of the molecule is CCc1cc(CN)cc(N(CC)CCCN(C)C)n1. The van der Waals surface area contributed by atoms with Crippen LogP contribution in [0.5, 0.6) is 0 Å². The second kappa shape index (κ2) is 8.12. The standard InChI is InChI=1S/C15H28N4/c1-5-14-10-13(12-16)11-15(17-14)19(6-2)9-7-8-18(3)4/h10-11H,5-9,12,16H2,1-4H3. The molecule has 0 atom stereocenters. The predicted octanol–water partition coefficient (Wildman–Crippen LogP) is 1.88. The molecule has 0 aliphatic carbocycles. The van der Waals surface area contributed by atoms with Gasteiger partial charge in [-0.3, -0.25) is 0 Å². The van der Waals surface area contributed by atoms with Crippen LogP contribution in [-0.2, 0) is 13.0 Å². The molecule has 2 N–H and O–H groups in total. The number of aromatic nitrogens is 1. The largest absolute Gasteiger partial charge is 0.357 e. The molecule has 0 unspecified atom stereocenters. The molecule has 0 fully saturated rings. The van der Waals surface area contributed by atoms with E-state index < -0.39 is 0 Å². The fourth-order valence-corrected chi connectivity index (χ4v) is 2.11. The number of hydrogen-bond donors (Lipinski definition) is 1. The molecular formula is C15H28N4. The van der Waals surface area contributed by atoms with E-state index in [1.165, 1.54) is 5.56 Å². The van der Waals surface area contributed by atoms with E-state index in [4.69, 9.17) is 10.7 Å². The molecule has 4 heteroatoms. The van der Waals surface area contributed by atoms with Crippen molar-refractivity contribution in [1.29, 1.82) is 0 Å². The van der Waals surface area contributed by atoms with E-state index in [-0.39, 0.29) is 0 Å². The predicted molar refractivity (Wildman–Crippen MR) is 82.6 cm³/mol. The number of hydrogen-bond acceptors (Lipinski definition) is 4. The van der Waals surface area contributed by atoms with Gasteiger partial charge in [-0.25, -0.2) is 4.98 Å². The Bertz CT molecular complexity index is 354. The minimum absolute atomic E-state index is 0.581. The van der Waals surface area contributed by atoms with Gasteiger partial charge < -0.3 is 15.5 Å². The van der Waals surface area contributed by atoms with Gasteiger partial charge in [-0.15, -0.1) is 0 Å². The molecule has 1 aromatic rings. The second-order valence-corrected chi connectivity index (χ2v) is 5.12. The third kappa shape index (κ3) is 5.17. The van der Waals surface area contributed by atoms with E-state index >= 15 is 0 Å². The summed E-state index contributed by atoms with van der Waals surface area (Å²) in [6.07, 6.45) is 2.10. The highest BCUT2D eigenvalue weighted by molar-refractivity contribution is 5.42. The zero-order chi connectivity index (χ0) is 14.3. The zero-order valence-electron chi connectivity index (χ0n) is 12.8. The van der Waals surface area contributed by atoms with Crippen LogP contribution in [0.2, 0.25) is 0 Å². The van der Waals surface area contributed by atoms with Crippen molar-refractivity contribution in [3.05, 3.63) is 23.4 Å². The Kier molecular flexibility index (Phi) is 6.81. The van der Waals surface area contributed by atoms with Gasteiger partial charge in [0.15, 0.2) is 0 Å². The van der Waals surface area contributed by atoms with Crippen molar-refractivity contribution in [2.24, 2.45) is 5.73 Å². The number of aryl methyl sites for hydroxylation is 1. The molecule has 0 bridgehead atoms. The summed E-state index contributed by atoms with van der Waals surface area (Å²) in [4.78, 5) is 9.28. The molecule has 0 radical (unpaired) electrons. The molecule has 0 aliphatic heterocycles. The van der Waals surface area contributed by atoms with Crippen LogP contribution >= 0.6 is 0 Å². The van der Waals surface area contributed by atoms with Crippen molar-refractivity contribution in [3.8, 4) is 0 Å². The Morgan fingerprint density at radius 2 is 1.89 bits per heavy atom. The van der Waals surface area contributed by atoms with Gasteiger partial charge in [0.25, 0.3) is 0 Å². The molecule has 4 nitrogen and oxygen atoms in total. The summed E-state index contributed by atoms with van der Waals surface area (Å²) in [5.41, 5.74) is 8.07. The van der Waals surface area contributed by atoms with Gasteiger partial charge in [0.2, 0.25) is 0 Å². The highest BCUT2D eigenvalue weighted by Gasteiger charge is 2.08. The summed E-state index contributed by atoms with van der Waals surface area (Å²) in [6, 6.07) is 4.23. The lowest BCUT2D eigenvalue weighted by molar-refractivity contribution is 0.400. The number of anilines is 1.